The number of nitro benzene ring substituents is 1. The summed E-state index contributed by atoms with van der Waals surface area (Å²) in [5, 5.41) is 26.7. The van der Waals surface area contributed by atoms with E-state index in [-0.39, 0.29) is 5.69 Å². The third-order valence-electron chi connectivity index (χ3n) is 5.31. The number of pyridine rings is 2. The average molecular weight is 426 g/mol. The molecule has 0 spiro atoms. The van der Waals surface area contributed by atoms with E-state index in [0.29, 0.717) is 22.6 Å². The number of para-hydroxylation sites is 1. The van der Waals surface area contributed by atoms with Crippen molar-refractivity contribution in [3.63, 3.8) is 0 Å². The van der Waals surface area contributed by atoms with Crippen molar-refractivity contribution < 1.29 is 10.0 Å². The molecule has 0 aliphatic rings. The highest BCUT2D eigenvalue weighted by Crippen LogP contribution is 2.44. The van der Waals surface area contributed by atoms with Gasteiger partial charge in [0.25, 0.3) is 5.69 Å². The van der Waals surface area contributed by atoms with E-state index in [0.717, 1.165) is 0 Å². The van der Waals surface area contributed by atoms with Crippen molar-refractivity contribution in [3.05, 3.63) is 130 Å². The first-order valence-electron chi connectivity index (χ1n) is 10.2. The normalized spacial score (nSPS) is 13.7. The minimum atomic E-state index is -0.980. The molecule has 0 fully saturated rings. The number of hydrogen-bond donors (Lipinski definition) is 2. The van der Waals surface area contributed by atoms with Gasteiger partial charge in [-0.05, 0) is 29.8 Å². The Hall–Kier alpha value is -4.10. The van der Waals surface area contributed by atoms with Crippen LogP contribution in [0.15, 0.2) is 103 Å². The molecule has 4 rings (SSSR count). The number of rotatable bonds is 8. The standard InChI is InChI=1S/C25H22N4O3/c30-25(18-10-2-1-3-11-18)23(20-13-6-8-16-26-20)24(28-22-15-7-9-17-27-22)19-12-4-5-14-21(19)29(31)32/h1-17,23-25,30H,(H,27,28)/t23?,24?,25-/m1/s1. The van der Waals surface area contributed by atoms with Crippen LogP contribution in [0.25, 0.3) is 0 Å². The number of aliphatic hydroxyl groups is 1. The summed E-state index contributed by atoms with van der Waals surface area (Å²) in [6, 6.07) is 25.9. The molecule has 2 N–H and O–H groups in total. The lowest BCUT2D eigenvalue weighted by Gasteiger charge is -2.32. The summed E-state index contributed by atoms with van der Waals surface area (Å²) in [6.45, 7) is 0. The van der Waals surface area contributed by atoms with Crippen molar-refractivity contribution in [1.82, 2.24) is 9.97 Å². The predicted octanol–water partition coefficient (Wildman–Crippen LogP) is 5.06. The van der Waals surface area contributed by atoms with Crippen LogP contribution < -0.4 is 5.32 Å². The van der Waals surface area contributed by atoms with Gasteiger partial charge < -0.3 is 10.4 Å². The Morgan fingerprint density at radius 3 is 2.12 bits per heavy atom. The molecule has 0 amide bonds. The molecule has 2 aromatic carbocycles. The maximum Gasteiger partial charge on any atom is 0.274 e. The fourth-order valence-corrected chi connectivity index (χ4v) is 3.83. The van der Waals surface area contributed by atoms with Gasteiger partial charge >= 0.3 is 0 Å². The third-order valence-corrected chi connectivity index (χ3v) is 5.31. The summed E-state index contributed by atoms with van der Waals surface area (Å²) in [4.78, 5) is 20.3. The van der Waals surface area contributed by atoms with Gasteiger partial charge in [-0.1, -0.05) is 60.7 Å². The largest absolute Gasteiger partial charge is 0.388 e. The summed E-state index contributed by atoms with van der Waals surface area (Å²) in [7, 11) is 0. The first-order chi connectivity index (χ1) is 15.6. The van der Waals surface area contributed by atoms with E-state index in [4.69, 9.17) is 0 Å². The maximum absolute atomic E-state index is 11.9. The van der Waals surface area contributed by atoms with Crippen LogP contribution in [0.4, 0.5) is 11.5 Å². The van der Waals surface area contributed by atoms with Gasteiger partial charge in [-0.2, -0.15) is 0 Å². The van der Waals surface area contributed by atoms with E-state index in [1.807, 2.05) is 48.5 Å². The molecule has 0 bridgehead atoms. The van der Waals surface area contributed by atoms with Crippen molar-refractivity contribution in [2.24, 2.45) is 0 Å². The second-order valence-electron chi connectivity index (χ2n) is 7.29. The van der Waals surface area contributed by atoms with Gasteiger partial charge in [0.15, 0.2) is 0 Å². The van der Waals surface area contributed by atoms with E-state index >= 15 is 0 Å². The van der Waals surface area contributed by atoms with Crippen LogP contribution in [0.2, 0.25) is 0 Å². The van der Waals surface area contributed by atoms with Crippen LogP contribution in [0.1, 0.15) is 34.9 Å². The van der Waals surface area contributed by atoms with Crippen molar-refractivity contribution in [2.45, 2.75) is 18.1 Å². The van der Waals surface area contributed by atoms with E-state index in [1.54, 1.807) is 48.8 Å². The number of nitro groups is 1. The van der Waals surface area contributed by atoms with E-state index in [2.05, 4.69) is 15.3 Å². The number of benzene rings is 2. The Labute approximate surface area is 185 Å². The van der Waals surface area contributed by atoms with Gasteiger partial charge in [0.2, 0.25) is 0 Å². The molecule has 160 valence electrons. The minimum absolute atomic E-state index is 0.0397. The Morgan fingerprint density at radius 2 is 1.47 bits per heavy atom. The number of anilines is 1. The molecule has 2 aromatic heterocycles. The van der Waals surface area contributed by atoms with Crippen molar-refractivity contribution in [2.75, 3.05) is 5.32 Å². The molecule has 0 saturated heterocycles. The van der Waals surface area contributed by atoms with Gasteiger partial charge in [-0.25, -0.2) is 4.98 Å². The van der Waals surface area contributed by atoms with Crippen LogP contribution in [-0.2, 0) is 0 Å². The lowest BCUT2D eigenvalue weighted by Crippen LogP contribution is -2.26. The quantitative estimate of drug-likeness (QED) is 0.302. The molecule has 3 atom stereocenters. The van der Waals surface area contributed by atoms with Crippen molar-refractivity contribution in [3.8, 4) is 0 Å². The van der Waals surface area contributed by atoms with Crippen LogP contribution in [0, 0.1) is 10.1 Å². The number of nitrogens with one attached hydrogen (secondary N) is 1. The number of aliphatic hydroxyl groups excluding tert-OH is 1. The van der Waals surface area contributed by atoms with E-state index < -0.39 is 23.0 Å². The molecular weight excluding hydrogens is 404 g/mol. The molecule has 0 aliphatic carbocycles. The van der Waals surface area contributed by atoms with E-state index in [1.165, 1.54) is 6.07 Å². The highest BCUT2D eigenvalue weighted by molar-refractivity contribution is 5.49. The van der Waals surface area contributed by atoms with E-state index in [9.17, 15) is 15.2 Å². The Balaban J connectivity index is 1.89. The fraction of sp³-hybridized carbons (Fsp3) is 0.120. The monoisotopic (exact) mass is 426 g/mol. The molecule has 4 aromatic rings. The third kappa shape index (κ3) is 4.63. The second kappa shape index (κ2) is 9.80. The molecule has 32 heavy (non-hydrogen) atoms. The van der Waals surface area contributed by atoms with Crippen molar-refractivity contribution in [1.29, 1.82) is 0 Å². The highest BCUT2D eigenvalue weighted by Gasteiger charge is 2.36. The first kappa shape index (κ1) is 21.1. The van der Waals surface area contributed by atoms with Gasteiger partial charge in [0.1, 0.15) is 5.82 Å². The van der Waals surface area contributed by atoms with Crippen LogP contribution in [0.5, 0.6) is 0 Å². The zero-order chi connectivity index (χ0) is 22.3. The number of hydrogen-bond acceptors (Lipinski definition) is 6. The smallest absolute Gasteiger partial charge is 0.274 e. The topological polar surface area (TPSA) is 101 Å². The maximum atomic E-state index is 11.9. The summed E-state index contributed by atoms with van der Waals surface area (Å²) in [6.07, 6.45) is 2.31. The molecule has 7 nitrogen and oxygen atoms in total. The highest BCUT2D eigenvalue weighted by atomic mass is 16.6. The van der Waals surface area contributed by atoms with Gasteiger partial charge in [-0.3, -0.25) is 15.1 Å². The van der Waals surface area contributed by atoms with Crippen LogP contribution >= 0.6 is 0 Å². The summed E-state index contributed by atoms with van der Waals surface area (Å²) in [5.41, 5.74) is 1.70. The number of aromatic nitrogens is 2. The second-order valence-corrected chi connectivity index (χ2v) is 7.29. The van der Waals surface area contributed by atoms with Crippen LogP contribution in [0.3, 0.4) is 0 Å². The summed E-state index contributed by atoms with van der Waals surface area (Å²) in [5.74, 6) is -0.0986. The molecule has 0 radical (unpaired) electrons. The van der Waals surface area contributed by atoms with Gasteiger partial charge in [0.05, 0.1) is 28.6 Å². The Bertz CT molecular complexity index is 1160. The predicted molar refractivity (Wildman–Crippen MR) is 122 cm³/mol. The molecule has 0 saturated carbocycles. The lowest BCUT2D eigenvalue weighted by atomic mass is 9.82. The van der Waals surface area contributed by atoms with Gasteiger partial charge in [-0.15, -0.1) is 0 Å². The number of nitrogens with zero attached hydrogens (tertiary/aromatic N) is 3. The fourth-order valence-electron chi connectivity index (χ4n) is 3.83. The molecule has 7 heteroatoms. The van der Waals surface area contributed by atoms with Crippen LogP contribution in [-0.4, -0.2) is 20.0 Å². The molecular formula is C25H22N4O3. The Kier molecular flexibility index (Phi) is 6.48. The zero-order valence-corrected chi connectivity index (χ0v) is 17.2. The molecule has 0 aliphatic heterocycles. The van der Waals surface area contributed by atoms with Crippen molar-refractivity contribution >= 4 is 11.5 Å². The zero-order valence-electron chi connectivity index (χ0n) is 17.2. The molecule has 2 unspecified atom stereocenters. The molecule has 2 heterocycles. The average Bonchev–Trinajstić information content (AvgIpc) is 2.85. The SMILES string of the molecule is O=[N+]([O-])c1ccccc1C(Nc1ccccn1)C(c1ccccn1)[C@H](O)c1ccccc1. The van der Waals surface area contributed by atoms with Gasteiger partial charge in [0, 0.05) is 24.2 Å². The summed E-state index contributed by atoms with van der Waals surface area (Å²) >= 11 is 0. The Morgan fingerprint density at radius 1 is 0.812 bits per heavy atom. The lowest BCUT2D eigenvalue weighted by molar-refractivity contribution is -0.385. The minimum Gasteiger partial charge on any atom is -0.388 e. The summed E-state index contributed by atoms with van der Waals surface area (Å²) < 4.78 is 0. The first-order valence-corrected chi connectivity index (χ1v) is 10.2.